The van der Waals surface area contributed by atoms with E-state index in [1.165, 1.54) is 70.6 Å². The predicted octanol–water partition coefficient (Wildman–Crippen LogP) is 21.1. The largest absolute Gasteiger partial charge is 0.462 e. The van der Waals surface area contributed by atoms with E-state index in [0.29, 0.717) is 12.8 Å². The Morgan fingerprint density at radius 3 is 0.816 bits per heavy atom. The summed E-state index contributed by atoms with van der Waals surface area (Å²) in [6, 6.07) is 0. The lowest BCUT2D eigenvalue weighted by atomic mass is 10.0. The summed E-state index contributed by atoms with van der Waals surface area (Å²) in [6.45, 7) is 3.87. The minimum atomic E-state index is -0.811. The van der Waals surface area contributed by atoms with Crippen LogP contribution < -0.4 is 0 Å². The van der Waals surface area contributed by atoms with Crippen molar-refractivity contribution in [2.45, 2.75) is 238 Å². The number of aliphatic hydroxyl groups excluding tert-OH is 1. The van der Waals surface area contributed by atoms with Crippen LogP contribution in [-0.4, -0.2) is 36.4 Å². The molecule has 5 heteroatoms. The van der Waals surface area contributed by atoms with Gasteiger partial charge in [0.15, 0.2) is 6.10 Å². The van der Waals surface area contributed by atoms with E-state index >= 15 is 0 Å². The third-order valence-corrected chi connectivity index (χ3v) is 12.2. The minimum absolute atomic E-state index is 0.0961. The molecule has 1 unspecified atom stereocenters. The van der Waals surface area contributed by atoms with Crippen LogP contribution in [0, 0.1) is 0 Å². The van der Waals surface area contributed by atoms with E-state index in [-0.39, 0.29) is 31.6 Å². The number of rotatable bonds is 53. The molecule has 424 valence electrons. The molecule has 0 amide bonds. The Morgan fingerprint density at radius 1 is 0.303 bits per heavy atom. The molecule has 0 aliphatic heterocycles. The third kappa shape index (κ3) is 61.5. The average molecular weight is 1040 g/mol. The Hall–Kier alpha value is -5.00. The number of hydrogen-bond acceptors (Lipinski definition) is 5. The van der Waals surface area contributed by atoms with Gasteiger partial charge in [0.2, 0.25) is 0 Å². The zero-order valence-corrected chi connectivity index (χ0v) is 48.4. The first kappa shape index (κ1) is 71.0. The normalized spacial score (nSPS) is 13.6. The van der Waals surface area contributed by atoms with Crippen molar-refractivity contribution in [1.29, 1.82) is 0 Å². The molecule has 0 saturated carbocycles. The number of ether oxygens (including phenoxy) is 2. The summed E-state index contributed by atoms with van der Waals surface area (Å²) < 4.78 is 10.7. The fourth-order valence-corrected chi connectivity index (χ4v) is 7.73. The van der Waals surface area contributed by atoms with Crippen molar-refractivity contribution in [2.75, 3.05) is 13.2 Å². The van der Waals surface area contributed by atoms with Crippen molar-refractivity contribution < 1.29 is 24.2 Å². The molecule has 5 nitrogen and oxygen atoms in total. The summed E-state index contributed by atoms with van der Waals surface area (Å²) in [5.74, 6) is -0.655. The van der Waals surface area contributed by atoms with Gasteiger partial charge in [0, 0.05) is 12.8 Å². The van der Waals surface area contributed by atoms with E-state index < -0.39 is 6.10 Å². The van der Waals surface area contributed by atoms with Crippen molar-refractivity contribution in [3.63, 3.8) is 0 Å². The molecule has 0 aliphatic rings. The Kier molecular flexibility index (Phi) is 60.1. The standard InChI is InChI=1S/C71H110O5/c1-3-5-7-9-11-13-15-17-19-21-23-25-27-29-31-32-33-34-35-36-37-38-40-41-43-45-47-49-51-53-55-57-59-61-63-65-70(73)75-68-69(67-72)76-71(74)66-64-62-60-58-56-54-52-50-48-46-44-42-39-30-28-26-24-22-20-18-16-14-12-10-8-6-4-2/h5-8,11-14,17-20,23-26,29-31,33-34,36-37,39,44,46,50,52,56,58,69,72H,3-4,9-10,15-16,21-22,27-28,32,35,38,40-43,45,47-49,51,53-55,57,59-68H2,1-2H3/b7-5-,8-6-,13-11-,14-12-,19-17-,20-18-,25-23-,26-24-,31-29-,34-33-,37-36-,39-30-,46-44-,52-50-,58-56-. The van der Waals surface area contributed by atoms with Crippen LogP contribution in [0.4, 0.5) is 0 Å². The smallest absolute Gasteiger partial charge is 0.306 e. The summed E-state index contributed by atoms with van der Waals surface area (Å²) in [5.41, 5.74) is 0. The highest BCUT2D eigenvalue weighted by Gasteiger charge is 2.16. The number of unbranched alkanes of at least 4 members (excludes halogenated alkanes) is 15. The molecule has 0 spiro atoms. The van der Waals surface area contributed by atoms with Gasteiger partial charge < -0.3 is 14.6 Å². The first-order valence-corrected chi connectivity index (χ1v) is 30.3. The van der Waals surface area contributed by atoms with Crippen molar-refractivity contribution in [3.05, 3.63) is 182 Å². The quantitative estimate of drug-likeness (QED) is 0.0373. The second-order valence-electron chi connectivity index (χ2n) is 19.3. The van der Waals surface area contributed by atoms with Gasteiger partial charge in [-0.1, -0.05) is 267 Å². The van der Waals surface area contributed by atoms with Crippen molar-refractivity contribution in [2.24, 2.45) is 0 Å². The molecular formula is C71H110O5. The molecule has 0 bridgehead atoms. The summed E-state index contributed by atoms with van der Waals surface area (Å²) in [5, 5.41) is 9.66. The van der Waals surface area contributed by atoms with E-state index in [4.69, 9.17) is 9.47 Å². The Labute approximate surface area is 467 Å². The van der Waals surface area contributed by atoms with Gasteiger partial charge in [-0.05, 0) is 135 Å². The van der Waals surface area contributed by atoms with Crippen LogP contribution in [0.1, 0.15) is 232 Å². The molecule has 1 atom stereocenters. The predicted molar refractivity (Wildman–Crippen MR) is 333 cm³/mol. The second-order valence-corrected chi connectivity index (χ2v) is 19.3. The highest BCUT2D eigenvalue weighted by molar-refractivity contribution is 5.70. The lowest BCUT2D eigenvalue weighted by Crippen LogP contribution is -2.28. The van der Waals surface area contributed by atoms with Crippen LogP contribution in [0.2, 0.25) is 0 Å². The number of carbonyl (C=O) groups excluding carboxylic acids is 2. The Bertz CT molecular complexity index is 1750. The first-order valence-electron chi connectivity index (χ1n) is 30.3. The van der Waals surface area contributed by atoms with Crippen LogP contribution in [0.5, 0.6) is 0 Å². The molecule has 76 heavy (non-hydrogen) atoms. The molecule has 0 radical (unpaired) electrons. The third-order valence-electron chi connectivity index (χ3n) is 12.2. The monoisotopic (exact) mass is 1040 g/mol. The molecule has 0 fully saturated rings. The van der Waals surface area contributed by atoms with Gasteiger partial charge in [-0.15, -0.1) is 0 Å². The zero-order valence-electron chi connectivity index (χ0n) is 48.4. The number of esters is 2. The Morgan fingerprint density at radius 2 is 0.526 bits per heavy atom. The van der Waals surface area contributed by atoms with Crippen molar-refractivity contribution in [1.82, 2.24) is 0 Å². The van der Waals surface area contributed by atoms with Crippen LogP contribution in [0.25, 0.3) is 0 Å². The van der Waals surface area contributed by atoms with E-state index in [2.05, 4.69) is 196 Å². The fourth-order valence-electron chi connectivity index (χ4n) is 7.73. The summed E-state index contributed by atoms with van der Waals surface area (Å²) in [7, 11) is 0. The van der Waals surface area contributed by atoms with Gasteiger partial charge >= 0.3 is 11.9 Å². The lowest BCUT2D eigenvalue weighted by molar-refractivity contribution is -0.161. The van der Waals surface area contributed by atoms with Crippen LogP contribution in [0.3, 0.4) is 0 Å². The summed E-state index contributed by atoms with van der Waals surface area (Å²) >= 11 is 0. The number of aliphatic hydroxyl groups is 1. The summed E-state index contributed by atoms with van der Waals surface area (Å²) in [4.78, 5) is 24.6. The zero-order chi connectivity index (χ0) is 54.8. The minimum Gasteiger partial charge on any atom is -0.462 e. The maximum Gasteiger partial charge on any atom is 0.306 e. The van der Waals surface area contributed by atoms with E-state index in [9.17, 15) is 14.7 Å². The lowest BCUT2D eigenvalue weighted by Gasteiger charge is -2.15. The molecule has 0 saturated heterocycles. The topological polar surface area (TPSA) is 72.8 Å². The maximum atomic E-state index is 12.3. The molecule has 0 rings (SSSR count). The molecular weight excluding hydrogens is 933 g/mol. The average Bonchev–Trinajstić information content (AvgIpc) is 3.42. The van der Waals surface area contributed by atoms with Crippen LogP contribution in [-0.2, 0) is 19.1 Å². The van der Waals surface area contributed by atoms with E-state index in [1.807, 2.05) is 0 Å². The molecule has 0 heterocycles. The van der Waals surface area contributed by atoms with Crippen molar-refractivity contribution >= 4 is 11.9 Å². The SMILES string of the molecule is CC/C=C\C/C=C\C/C=C\C/C=C\C/C=C\C/C=C\C/C=C\C/C=C\CCCCC(=O)OC(CO)COC(=O)CCCCCCCCCCCCCCC/C=C\C/C=C\C/C=C\C/C=C\C/C=C\C/C=C\C/C=C\CC. The highest BCUT2D eigenvalue weighted by atomic mass is 16.6. The van der Waals surface area contributed by atoms with Crippen LogP contribution in [0.15, 0.2) is 182 Å². The molecule has 0 aliphatic carbocycles. The van der Waals surface area contributed by atoms with Gasteiger partial charge in [-0.3, -0.25) is 9.59 Å². The molecule has 0 aromatic rings. The van der Waals surface area contributed by atoms with Gasteiger partial charge in [-0.2, -0.15) is 0 Å². The van der Waals surface area contributed by atoms with Gasteiger partial charge in [-0.25, -0.2) is 0 Å². The van der Waals surface area contributed by atoms with Crippen molar-refractivity contribution in [3.8, 4) is 0 Å². The van der Waals surface area contributed by atoms with Crippen LogP contribution >= 0.6 is 0 Å². The second kappa shape index (κ2) is 64.3. The fraction of sp³-hybridized carbons (Fsp3) is 0.549. The van der Waals surface area contributed by atoms with E-state index in [0.717, 1.165) is 128 Å². The van der Waals surface area contributed by atoms with Gasteiger partial charge in [0.05, 0.1) is 6.61 Å². The molecule has 0 aromatic carbocycles. The number of hydrogen-bond donors (Lipinski definition) is 1. The number of allylic oxidation sites excluding steroid dienone is 30. The maximum absolute atomic E-state index is 12.3. The summed E-state index contributed by atoms with van der Waals surface area (Å²) in [6.07, 6.45) is 102. The highest BCUT2D eigenvalue weighted by Crippen LogP contribution is 2.14. The molecule has 1 N–H and O–H groups in total. The van der Waals surface area contributed by atoms with E-state index in [1.54, 1.807) is 0 Å². The molecule has 0 aromatic heterocycles. The van der Waals surface area contributed by atoms with Gasteiger partial charge in [0.1, 0.15) is 6.61 Å². The first-order chi connectivity index (χ1) is 37.6. The van der Waals surface area contributed by atoms with Gasteiger partial charge in [0.25, 0.3) is 0 Å². The Balaban J connectivity index is 3.63. The number of carbonyl (C=O) groups is 2.